The Bertz CT molecular complexity index is 350. The van der Waals surface area contributed by atoms with E-state index in [4.69, 9.17) is 4.74 Å². The van der Waals surface area contributed by atoms with Gasteiger partial charge in [-0.1, -0.05) is 12.1 Å². The zero-order valence-electron chi connectivity index (χ0n) is 9.28. The van der Waals surface area contributed by atoms with Crippen molar-refractivity contribution < 1.29 is 14.6 Å². The van der Waals surface area contributed by atoms with Gasteiger partial charge in [-0.15, -0.1) is 0 Å². The normalized spacial score (nSPS) is 11.2. The molecule has 0 heterocycles. The molecule has 0 aliphatic heterocycles. The first kappa shape index (κ1) is 11.7. The highest BCUT2D eigenvalue weighted by atomic mass is 16.5. The fourth-order valence-electron chi connectivity index (χ4n) is 1.38. The smallest absolute Gasteiger partial charge is 0.308 e. The van der Waals surface area contributed by atoms with Gasteiger partial charge in [-0.3, -0.25) is 4.79 Å². The maximum Gasteiger partial charge on any atom is 0.308 e. The number of esters is 1. The Morgan fingerprint density at radius 3 is 2.67 bits per heavy atom. The maximum atomic E-state index is 10.7. The third-order valence-electron chi connectivity index (χ3n) is 1.80. The standard InChI is InChI=1S/C12H16O3/c1-9(13)15-11-6-4-5-10(7-11)8-12(2,3)14/h4-7,14H,8H2,1-3H3. The van der Waals surface area contributed by atoms with Crippen molar-refractivity contribution in [1.29, 1.82) is 0 Å². The molecule has 15 heavy (non-hydrogen) atoms. The molecule has 1 N–H and O–H groups in total. The summed E-state index contributed by atoms with van der Waals surface area (Å²) in [6.07, 6.45) is 0.530. The van der Waals surface area contributed by atoms with Crippen LogP contribution in [-0.4, -0.2) is 16.7 Å². The first-order chi connectivity index (χ1) is 6.87. The highest BCUT2D eigenvalue weighted by Crippen LogP contribution is 2.18. The van der Waals surface area contributed by atoms with Crippen molar-refractivity contribution >= 4 is 5.97 Å². The third-order valence-corrected chi connectivity index (χ3v) is 1.80. The lowest BCUT2D eigenvalue weighted by atomic mass is 9.99. The highest BCUT2D eigenvalue weighted by Gasteiger charge is 2.13. The van der Waals surface area contributed by atoms with Crippen LogP contribution in [0.25, 0.3) is 0 Å². The zero-order chi connectivity index (χ0) is 11.5. The first-order valence-corrected chi connectivity index (χ1v) is 4.86. The second-order valence-corrected chi connectivity index (χ2v) is 4.23. The molecule has 0 aliphatic carbocycles. The van der Waals surface area contributed by atoms with Gasteiger partial charge >= 0.3 is 5.97 Å². The van der Waals surface area contributed by atoms with Crippen LogP contribution < -0.4 is 4.74 Å². The average Bonchev–Trinajstić information content (AvgIpc) is 1.99. The quantitative estimate of drug-likeness (QED) is 0.609. The SMILES string of the molecule is CC(=O)Oc1cccc(CC(C)(C)O)c1. The van der Waals surface area contributed by atoms with Crippen LogP contribution in [0.4, 0.5) is 0 Å². The summed E-state index contributed by atoms with van der Waals surface area (Å²) >= 11 is 0. The molecule has 0 radical (unpaired) electrons. The predicted octanol–water partition coefficient (Wildman–Crippen LogP) is 1.93. The Labute approximate surface area is 89.7 Å². The minimum atomic E-state index is -0.755. The van der Waals surface area contributed by atoms with Gasteiger partial charge in [0, 0.05) is 13.3 Å². The number of ether oxygens (including phenoxy) is 1. The second-order valence-electron chi connectivity index (χ2n) is 4.23. The lowest BCUT2D eigenvalue weighted by Gasteiger charge is -2.17. The molecule has 82 valence electrons. The van der Waals surface area contributed by atoms with E-state index in [9.17, 15) is 9.90 Å². The van der Waals surface area contributed by atoms with E-state index >= 15 is 0 Å². The first-order valence-electron chi connectivity index (χ1n) is 4.86. The number of rotatable bonds is 3. The van der Waals surface area contributed by atoms with Crippen molar-refractivity contribution in [2.75, 3.05) is 0 Å². The summed E-state index contributed by atoms with van der Waals surface area (Å²) in [4.78, 5) is 10.7. The lowest BCUT2D eigenvalue weighted by molar-refractivity contribution is -0.131. The predicted molar refractivity (Wildman–Crippen MR) is 57.8 cm³/mol. The molecule has 0 spiro atoms. The van der Waals surface area contributed by atoms with E-state index in [0.717, 1.165) is 5.56 Å². The highest BCUT2D eigenvalue weighted by molar-refractivity contribution is 5.69. The molecule has 0 amide bonds. The number of benzene rings is 1. The summed E-state index contributed by atoms with van der Waals surface area (Å²) in [6, 6.07) is 7.18. The van der Waals surface area contributed by atoms with Crippen molar-refractivity contribution in [3.8, 4) is 5.75 Å². The molecule has 0 fully saturated rings. The van der Waals surface area contributed by atoms with Crippen molar-refractivity contribution in [1.82, 2.24) is 0 Å². The average molecular weight is 208 g/mol. The fourth-order valence-corrected chi connectivity index (χ4v) is 1.38. The molecule has 1 aromatic rings. The Kier molecular flexibility index (Phi) is 3.48. The zero-order valence-corrected chi connectivity index (χ0v) is 9.28. The number of hydrogen-bond acceptors (Lipinski definition) is 3. The summed E-state index contributed by atoms with van der Waals surface area (Å²) in [5, 5.41) is 9.64. The minimum Gasteiger partial charge on any atom is -0.427 e. The molecule has 3 heteroatoms. The van der Waals surface area contributed by atoms with Crippen LogP contribution in [0.3, 0.4) is 0 Å². The molecule has 1 rings (SSSR count). The maximum absolute atomic E-state index is 10.7. The summed E-state index contributed by atoms with van der Waals surface area (Å²) < 4.78 is 4.95. The fraction of sp³-hybridized carbons (Fsp3) is 0.417. The van der Waals surface area contributed by atoms with Gasteiger partial charge < -0.3 is 9.84 Å². The van der Waals surface area contributed by atoms with Gasteiger partial charge in [0.15, 0.2) is 0 Å². The van der Waals surface area contributed by atoms with E-state index in [2.05, 4.69) is 0 Å². The topological polar surface area (TPSA) is 46.5 Å². The van der Waals surface area contributed by atoms with Crippen molar-refractivity contribution in [3.05, 3.63) is 29.8 Å². The Balaban J connectivity index is 2.79. The van der Waals surface area contributed by atoms with E-state index < -0.39 is 5.60 Å². The molecular weight excluding hydrogens is 192 g/mol. The molecule has 0 atom stereocenters. The van der Waals surface area contributed by atoms with Crippen molar-refractivity contribution in [2.24, 2.45) is 0 Å². The molecule has 0 aromatic heterocycles. The van der Waals surface area contributed by atoms with Gasteiger partial charge in [-0.2, -0.15) is 0 Å². The lowest BCUT2D eigenvalue weighted by Crippen LogP contribution is -2.21. The molecule has 1 aromatic carbocycles. The second kappa shape index (κ2) is 4.45. The van der Waals surface area contributed by atoms with E-state index in [1.165, 1.54) is 6.92 Å². The van der Waals surface area contributed by atoms with Gasteiger partial charge in [-0.05, 0) is 31.5 Å². The molecule has 0 bridgehead atoms. The van der Waals surface area contributed by atoms with Crippen LogP contribution in [0.5, 0.6) is 5.75 Å². The largest absolute Gasteiger partial charge is 0.427 e. The van der Waals surface area contributed by atoms with Gasteiger partial charge in [0.25, 0.3) is 0 Å². The van der Waals surface area contributed by atoms with Crippen LogP contribution in [0.15, 0.2) is 24.3 Å². The molecule has 0 unspecified atom stereocenters. The summed E-state index contributed by atoms with van der Waals surface area (Å²) in [7, 11) is 0. The molecule has 3 nitrogen and oxygen atoms in total. The molecule has 0 aliphatic rings. The number of carbonyl (C=O) groups excluding carboxylic acids is 1. The van der Waals surface area contributed by atoms with E-state index in [1.807, 2.05) is 6.07 Å². The monoisotopic (exact) mass is 208 g/mol. The molecular formula is C12H16O3. The van der Waals surface area contributed by atoms with E-state index in [0.29, 0.717) is 12.2 Å². The van der Waals surface area contributed by atoms with Crippen LogP contribution in [0, 0.1) is 0 Å². The van der Waals surface area contributed by atoms with Gasteiger partial charge in [0.1, 0.15) is 5.75 Å². The van der Waals surface area contributed by atoms with Gasteiger partial charge in [-0.25, -0.2) is 0 Å². The van der Waals surface area contributed by atoms with E-state index in [-0.39, 0.29) is 5.97 Å². The molecule has 0 saturated carbocycles. The Morgan fingerprint density at radius 2 is 2.13 bits per heavy atom. The van der Waals surface area contributed by atoms with Gasteiger partial charge in [0.05, 0.1) is 5.60 Å². The van der Waals surface area contributed by atoms with E-state index in [1.54, 1.807) is 32.0 Å². The number of aliphatic hydroxyl groups is 1. The minimum absolute atomic E-state index is 0.338. The number of hydrogen-bond donors (Lipinski definition) is 1. The summed E-state index contributed by atoms with van der Waals surface area (Å²) in [5.41, 5.74) is 0.190. The van der Waals surface area contributed by atoms with Crippen molar-refractivity contribution in [3.63, 3.8) is 0 Å². The molecule has 0 saturated heterocycles. The van der Waals surface area contributed by atoms with Crippen LogP contribution in [-0.2, 0) is 11.2 Å². The van der Waals surface area contributed by atoms with Crippen molar-refractivity contribution in [2.45, 2.75) is 32.8 Å². The Hall–Kier alpha value is -1.35. The van der Waals surface area contributed by atoms with Crippen LogP contribution >= 0.6 is 0 Å². The van der Waals surface area contributed by atoms with Crippen LogP contribution in [0.1, 0.15) is 26.3 Å². The number of carbonyl (C=O) groups is 1. The summed E-state index contributed by atoms with van der Waals surface area (Å²) in [5.74, 6) is 0.180. The third kappa shape index (κ3) is 4.61. The van der Waals surface area contributed by atoms with Crippen LogP contribution in [0.2, 0.25) is 0 Å². The van der Waals surface area contributed by atoms with Gasteiger partial charge in [0.2, 0.25) is 0 Å². The summed E-state index contributed by atoms with van der Waals surface area (Å²) in [6.45, 7) is 4.85. The Morgan fingerprint density at radius 1 is 1.47 bits per heavy atom.